The number of sulfonamides is 1. The molecule has 1 saturated carbocycles. The highest BCUT2D eigenvalue weighted by atomic mass is 32.2. The number of nitrogens with zero attached hydrogens (tertiary/aromatic N) is 4. The molecule has 2 fully saturated rings. The van der Waals surface area contributed by atoms with E-state index in [2.05, 4.69) is 15.3 Å². The highest BCUT2D eigenvalue weighted by Crippen LogP contribution is 2.36. The lowest BCUT2D eigenvalue weighted by Crippen LogP contribution is -2.36. The molecule has 26 heavy (non-hydrogen) atoms. The summed E-state index contributed by atoms with van der Waals surface area (Å²) in [7, 11) is -1.80. The van der Waals surface area contributed by atoms with Gasteiger partial charge >= 0.3 is 0 Å². The quantitative estimate of drug-likeness (QED) is 0.810. The van der Waals surface area contributed by atoms with E-state index >= 15 is 0 Å². The van der Waals surface area contributed by atoms with Gasteiger partial charge in [-0.1, -0.05) is 0 Å². The molecule has 2 aromatic rings. The lowest BCUT2D eigenvalue weighted by atomic mass is 9.92. The molecule has 1 aliphatic carbocycles. The van der Waals surface area contributed by atoms with Crippen LogP contribution in [0, 0.1) is 12.8 Å². The number of nitrogens with one attached hydrogen (secondary N) is 1. The van der Waals surface area contributed by atoms with Gasteiger partial charge in [-0.2, -0.15) is 4.31 Å². The van der Waals surface area contributed by atoms with Crippen molar-refractivity contribution >= 4 is 27.3 Å². The molecule has 2 aliphatic rings. The fourth-order valence-electron chi connectivity index (χ4n) is 3.28. The molecule has 10 heteroatoms. The van der Waals surface area contributed by atoms with E-state index in [1.807, 2.05) is 17.8 Å². The van der Waals surface area contributed by atoms with Crippen molar-refractivity contribution in [2.75, 3.05) is 13.1 Å². The lowest BCUT2D eigenvalue weighted by molar-refractivity contribution is -0.125. The number of amides is 1. The van der Waals surface area contributed by atoms with Crippen LogP contribution in [0.15, 0.2) is 22.9 Å². The van der Waals surface area contributed by atoms with Gasteiger partial charge in [0.15, 0.2) is 4.21 Å². The van der Waals surface area contributed by atoms with Crippen LogP contribution in [0.2, 0.25) is 0 Å². The Kier molecular flexibility index (Phi) is 4.36. The first-order chi connectivity index (χ1) is 12.3. The van der Waals surface area contributed by atoms with Crippen molar-refractivity contribution in [1.29, 1.82) is 0 Å². The van der Waals surface area contributed by atoms with E-state index in [0.29, 0.717) is 5.01 Å². The molecule has 2 atom stereocenters. The third kappa shape index (κ3) is 3.28. The molecule has 8 nitrogen and oxygen atoms in total. The summed E-state index contributed by atoms with van der Waals surface area (Å²) in [5.74, 6) is -0.769. The molecule has 1 aliphatic heterocycles. The second-order valence-electron chi connectivity index (χ2n) is 6.98. The van der Waals surface area contributed by atoms with Crippen LogP contribution in [0.5, 0.6) is 0 Å². The number of hydrogen-bond donors (Lipinski definition) is 1. The SMILES string of the molecule is Cc1ncc(S(=O)(=O)N2C[C@@H](C(=O)NC3CC3)[C@H](c3cn(C)cn3)C2)s1. The third-order valence-electron chi connectivity index (χ3n) is 4.85. The number of thiazole rings is 1. The summed E-state index contributed by atoms with van der Waals surface area (Å²) in [6.07, 6.45) is 6.91. The number of imidazole rings is 1. The maximum atomic E-state index is 13.0. The summed E-state index contributed by atoms with van der Waals surface area (Å²) < 4.78 is 29.4. The van der Waals surface area contributed by atoms with Crippen molar-refractivity contribution in [3.05, 3.63) is 29.4 Å². The summed E-state index contributed by atoms with van der Waals surface area (Å²) in [6.45, 7) is 2.19. The summed E-state index contributed by atoms with van der Waals surface area (Å²) in [4.78, 5) is 21.1. The summed E-state index contributed by atoms with van der Waals surface area (Å²) in [5.41, 5.74) is 0.752. The minimum atomic E-state index is -3.66. The van der Waals surface area contributed by atoms with Crippen molar-refractivity contribution in [3.8, 4) is 0 Å². The Labute approximate surface area is 156 Å². The summed E-state index contributed by atoms with van der Waals surface area (Å²) in [6, 6.07) is 0.238. The monoisotopic (exact) mass is 395 g/mol. The fraction of sp³-hybridized carbons (Fsp3) is 0.562. The predicted octanol–water partition coefficient (Wildman–Crippen LogP) is 0.868. The minimum Gasteiger partial charge on any atom is -0.353 e. The van der Waals surface area contributed by atoms with Crippen molar-refractivity contribution in [2.45, 2.75) is 35.9 Å². The van der Waals surface area contributed by atoms with Crippen molar-refractivity contribution in [1.82, 2.24) is 24.2 Å². The number of carbonyl (C=O) groups excluding carboxylic acids is 1. The van der Waals surface area contributed by atoms with E-state index in [1.54, 1.807) is 13.3 Å². The standard InChI is InChI=1S/C16H21N5O3S2/c1-10-17-5-15(25-10)26(23,24)21-6-12(14-8-20(2)9-18-14)13(7-21)16(22)19-11-3-4-11/h5,8-9,11-13H,3-4,6-7H2,1-2H3,(H,19,22)/t12-,13-/m1/s1. The van der Waals surface area contributed by atoms with Crippen LogP contribution >= 0.6 is 11.3 Å². The van der Waals surface area contributed by atoms with Gasteiger partial charge in [-0.3, -0.25) is 4.79 Å². The number of aromatic nitrogens is 3. The van der Waals surface area contributed by atoms with E-state index in [9.17, 15) is 13.2 Å². The van der Waals surface area contributed by atoms with Gasteiger partial charge in [-0.15, -0.1) is 11.3 Å². The second-order valence-corrected chi connectivity index (χ2v) is 10.4. The van der Waals surface area contributed by atoms with Crippen molar-refractivity contribution in [2.24, 2.45) is 13.0 Å². The van der Waals surface area contributed by atoms with Gasteiger partial charge in [0.2, 0.25) is 5.91 Å². The summed E-state index contributed by atoms with van der Waals surface area (Å²) in [5, 5.41) is 3.71. The first-order valence-electron chi connectivity index (χ1n) is 8.55. The molecule has 0 aromatic carbocycles. The average molecular weight is 396 g/mol. The first-order valence-corrected chi connectivity index (χ1v) is 10.8. The Balaban J connectivity index is 1.62. The van der Waals surface area contributed by atoms with Gasteiger partial charge in [-0.25, -0.2) is 18.4 Å². The Hall–Kier alpha value is -1.78. The van der Waals surface area contributed by atoms with Crippen molar-refractivity contribution in [3.63, 3.8) is 0 Å². The molecule has 140 valence electrons. The van der Waals surface area contributed by atoms with Crippen LogP contribution in [0.3, 0.4) is 0 Å². The Morgan fingerprint density at radius 2 is 2.08 bits per heavy atom. The van der Waals surface area contributed by atoms with Gasteiger partial charge < -0.3 is 9.88 Å². The molecular weight excluding hydrogens is 374 g/mol. The Morgan fingerprint density at radius 1 is 1.31 bits per heavy atom. The number of hydrogen-bond acceptors (Lipinski definition) is 6. The lowest BCUT2D eigenvalue weighted by Gasteiger charge is -2.16. The Bertz CT molecular complexity index is 931. The fourth-order valence-corrected chi connectivity index (χ4v) is 6.03. The van der Waals surface area contributed by atoms with Gasteiger partial charge in [0.05, 0.1) is 29.1 Å². The minimum absolute atomic E-state index is 0.0821. The number of rotatable bonds is 5. The molecule has 0 unspecified atom stereocenters. The zero-order valence-corrected chi connectivity index (χ0v) is 16.3. The number of aryl methyl sites for hydroxylation is 2. The van der Waals surface area contributed by atoms with E-state index in [-0.39, 0.29) is 35.2 Å². The highest BCUT2D eigenvalue weighted by Gasteiger charge is 2.45. The maximum absolute atomic E-state index is 13.0. The zero-order chi connectivity index (χ0) is 18.5. The molecule has 1 N–H and O–H groups in total. The van der Waals surface area contributed by atoms with Crippen LogP contribution in [-0.2, 0) is 21.9 Å². The van der Waals surface area contributed by atoms with Crippen LogP contribution < -0.4 is 5.32 Å². The van der Waals surface area contributed by atoms with Crippen molar-refractivity contribution < 1.29 is 13.2 Å². The average Bonchev–Trinajstić information content (AvgIpc) is 3.01. The van der Waals surface area contributed by atoms with Gasteiger partial charge in [-0.05, 0) is 19.8 Å². The molecule has 0 radical (unpaired) electrons. The van der Waals surface area contributed by atoms with E-state index in [0.717, 1.165) is 29.9 Å². The second kappa shape index (κ2) is 6.43. The number of carbonyl (C=O) groups is 1. The third-order valence-corrected chi connectivity index (χ3v) is 8.03. The predicted molar refractivity (Wildman–Crippen MR) is 96.2 cm³/mol. The van der Waals surface area contributed by atoms with E-state index in [1.165, 1.54) is 10.5 Å². The smallest absolute Gasteiger partial charge is 0.254 e. The van der Waals surface area contributed by atoms with E-state index < -0.39 is 15.9 Å². The highest BCUT2D eigenvalue weighted by molar-refractivity contribution is 7.91. The van der Waals surface area contributed by atoms with Gasteiger partial charge in [0.1, 0.15) is 0 Å². The molecule has 0 spiro atoms. The Morgan fingerprint density at radius 3 is 2.65 bits per heavy atom. The van der Waals surface area contributed by atoms with Gasteiger partial charge in [0.25, 0.3) is 10.0 Å². The maximum Gasteiger partial charge on any atom is 0.254 e. The molecular formula is C16H21N5O3S2. The molecule has 3 heterocycles. The topological polar surface area (TPSA) is 97.2 Å². The van der Waals surface area contributed by atoms with Gasteiger partial charge in [0, 0.05) is 38.3 Å². The van der Waals surface area contributed by atoms with E-state index in [4.69, 9.17) is 0 Å². The summed E-state index contributed by atoms with van der Waals surface area (Å²) >= 11 is 1.15. The first kappa shape index (κ1) is 17.6. The van der Waals surface area contributed by atoms with Crippen LogP contribution in [-0.4, -0.2) is 52.3 Å². The zero-order valence-electron chi connectivity index (χ0n) is 14.6. The van der Waals surface area contributed by atoms with Crippen LogP contribution in [0.4, 0.5) is 0 Å². The molecule has 1 amide bonds. The van der Waals surface area contributed by atoms with Crippen LogP contribution in [0.1, 0.15) is 29.5 Å². The van der Waals surface area contributed by atoms with Crippen LogP contribution in [0.25, 0.3) is 0 Å². The molecule has 0 bridgehead atoms. The molecule has 4 rings (SSSR count). The largest absolute Gasteiger partial charge is 0.353 e. The molecule has 2 aromatic heterocycles. The molecule has 1 saturated heterocycles. The normalized spacial score (nSPS) is 24.1.